The monoisotopic (exact) mass is 563 g/mol. The molecule has 1 aromatic heterocycles. The summed E-state index contributed by atoms with van der Waals surface area (Å²) in [5.74, 6) is 5.33. The van der Waals surface area contributed by atoms with E-state index in [-0.39, 0.29) is 30.5 Å². The van der Waals surface area contributed by atoms with Gasteiger partial charge in [0.2, 0.25) is 5.96 Å². The van der Waals surface area contributed by atoms with E-state index in [9.17, 15) is 25.9 Å². The first-order valence-electron chi connectivity index (χ1n) is 11.1. The van der Waals surface area contributed by atoms with Crippen molar-refractivity contribution in [2.75, 3.05) is 6.61 Å². The zero-order chi connectivity index (χ0) is 28.1. The van der Waals surface area contributed by atoms with Crippen molar-refractivity contribution >= 4 is 37.8 Å². The second kappa shape index (κ2) is 11.7. The van der Waals surface area contributed by atoms with Gasteiger partial charge in [-0.05, 0) is 35.3 Å². The number of aliphatic hydroxyl groups is 1. The number of hydrogen-bond acceptors (Lipinski definition) is 6. The predicted molar refractivity (Wildman–Crippen MR) is 141 cm³/mol. The molecule has 1 aliphatic rings. The molecular formula is C23H27N6O7S2+. The number of rotatable bonds is 6. The lowest BCUT2D eigenvalue weighted by atomic mass is 9.97. The Morgan fingerprint density at radius 2 is 1.66 bits per heavy atom. The van der Waals surface area contributed by atoms with Crippen molar-refractivity contribution in [3.05, 3.63) is 59.9 Å². The van der Waals surface area contributed by atoms with Gasteiger partial charge in [0.1, 0.15) is 17.1 Å². The van der Waals surface area contributed by atoms with Crippen molar-refractivity contribution in [3.8, 4) is 23.0 Å². The highest BCUT2D eigenvalue weighted by molar-refractivity contribution is 7.90. The van der Waals surface area contributed by atoms with Gasteiger partial charge in [-0.25, -0.2) is 9.56 Å². The van der Waals surface area contributed by atoms with E-state index >= 15 is 0 Å². The minimum Gasteiger partial charge on any atom is -0.390 e. The first-order chi connectivity index (χ1) is 17.8. The molecule has 3 rings (SSSR count). The van der Waals surface area contributed by atoms with Gasteiger partial charge in [0.25, 0.3) is 20.2 Å². The van der Waals surface area contributed by atoms with Gasteiger partial charge in [0.15, 0.2) is 24.9 Å². The number of nitrogens with zero attached hydrogens (tertiary/aromatic N) is 3. The molecule has 0 aliphatic heterocycles. The summed E-state index contributed by atoms with van der Waals surface area (Å²) in [6, 6.07) is 8.64. The van der Waals surface area contributed by atoms with Gasteiger partial charge in [0, 0.05) is 24.1 Å². The SMILES string of the molecule is NC(N)=NC(N)=Nc1ccc(-c2cc[n+](CCO)cc2)c(C#CC2=CC[C@H](S(=O)(=O)O)[C@H](S(=O)(=O)O)C2)c1. The normalized spacial score (nSPS) is 18.2. The van der Waals surface area contributed by atoms with Crippen molar-refractivity contribution in [2.45, 2.75) is 29.9 Å². The molecule has 0 fully saturated rings. The van der Waals surface area contributed by atoms with Gasteiger partial charge < -0.3 is 22.3 Å². The number of nitrogens with two attached hydrogens (primary N) is 3. The number of aliphatic imine (C=N–C) groups is 2. The van der Waals surface area contributed by atoms with E-state index in [1.54, 1.807) is 35.2 Å². The maximum atomic E-state index is 11.8. The largest absolute Gasteiger partial charge is 0.390 e. The first-order valence-corrected chi connectivity index (χ1v) is 14.1. The highest BCUT2D eigenvalue weighted by atomic mass is 32.2. The molecule has 38 heavy (non-hydrogen) atoms. The third-order valence-electron chi connectivity index (χ3n) is 5.61. The number of guanidine groups is 2. The highest BCUT2D eigenvalue weighted by Crippen LogP contribution is 2.30. The van der Waals surface area contributed by atoms with E-state index < -0.39 is 37.2 Å². The molecule has 0 bridgehead atoms. The smallest absolute Gasteiger partial charge is 0.269 e. The van der Waals surface area contributed by atoms with E-state index in [1.165, 1.54) is 6.08 Å². The summed E-state index contributed by atoms with van der Waals surface area (Å²) in [5.41, 5.74) is 18.9. The van der Waals surface area contributed by atoms with Crippen molar-refractivity contribution < 1.29 is 35.6 Å². The lowest BCUT2D eigenvalue weighted by Crippen LogP contribution is -2.41. The lowest BCUT2D eigenvalue weighted by Gasteiger charge is -2.25. The fraction of sp³-hybridized carbons (Fsp3) is 0.261. The van der Waals surface area contributed by atoms with E-state index in [1.807, 2.05) is 12.1 Å². The summed E-state index contributed by atoms with van der Waals surface area (Å²) >= 11 is 0. The molecule has 1 heterocycles. The minimum absolute atomic E-state index is 0.0250. The molecule has 202 valence electrons. The summed E-state index contributed by atoms with van der Waals surface area (Å²) in [5, 5.41) is 5.67. The van der Waals surface area contributed by atoms with Crippen LogP contribution in [-0.2, 0) is 26.8 Å². The molecular weight excluding hydrogens is 536 g/mol. The van der Waals surface area contributed by atoms with Crippen LogP contribution in [0.4, 0.5) is 5.69 Å². The molecule has 9 N–H and O–H groups in total. The summed E-state index contributed by atoms with van der Waals surface area (Å²) in [6.07, 6.45) is 4.21. The maximum Gasteiger partial charge on any atom is 0.269 e. The molecule has 1 aliphatic carbocycles. The van der Waals surface area contributed by atoms with Crippen LogP contribution in [-0.4, -0.2) is 60.1 Å². The lowest BCUT2D eigenvalue weighted by molar-refractivity contribution is -0.698. The fourth-order valence-electron chi connectivity index (χ4n) is 3.85. The Bertz CT molecular complexity index is 1570. The van der Waals surface area contributed by atoms with Crippen LogP contribution in [0.1, 0.15) is 18.4 Å². The molecule has 0 unspecified atom stereocenters. The molecule has 2 aromatic rings. The third-order valence-corrected chi connectivity index (χ3v) is 8.32. The Labute approximate surface area is 219 Å². The van der Waals surface area contributed by atoms with Gasteiger partial charge >= 0.3 is 0 Å². The topological polar surface area (TPSA) is 236 Å². The van der Waals surface area contributed by atoms with Crippen LogP contribution in [0.2, 0.25) is 0 Å². The number of benzene rings is 1. The number of aliphatic hydroxyl groups excluding tert-OH is 1. The molecule has 13 nitrogen and oxygen atoms in total. The Morgan fingerprint density at radius 1 is 1.00 bits per heavy atom. The minimum atomic E-state index is -4.80. The molecule has 0 spiro atoms. The summed E-state index contributed by atoms with van der Waals surface area (Å²) in [6.45, 7) is 0.390. The summed E-state index contributed by atoms with van der Waals surface area (Å²) in [7, 11) is -9.53. The average molecular weight is 564 g/mol. The van der Waals surface area contributed by atoms with Gasteiger partial charge in [-0.1, -0.05) is 24.0 Å². The van der Waals surface area contributed by atoms with Gasteiger partial charge in [-0.3, -0.25) is 9.11 Å². The highest BCUT2D eigenvalue weighted by Gasteiger charge is 2.42. The van der Waals surface area contributed by atoms with Gasteiger partial charge in [-0.15, -0.1) is 0 Å². The Balaban J connectivity index is 2.07. The predicted octanol–water partition coefficient (Wildman–Crippen LogP) is -0.562. The molecule has 0 saturated heterocycles. The van der Waals surface area contributed by atoms with Crippen LogP contribution in [0.15, 0.2) is 64.4 Å². The first kappa shape index (κ1) is 28.8. The molecule has 15 heteroatoms. The molecule has 2 atom stereocenters. The van der Waals surface area contributed by atoms with E-state index in [0.29, 0.717) is 23.4 Å². The maximum absolute atomic E-state index is 11.8. The second-order valence-electron chi connectivity index (χ2n) is 8.31. The van der Waals surface area contributed by atoms with Crippen molar-refractivity contribution in [2.24, 2.45) is 27.2 Å². The summed E-state index contributed by atoms with van der Waals surface area (Å²) < 4.78 is 67.7. The van der Waals surface area contributed by atoms with Crippen LogP contribution in [0.25, 0.3) is 11.1 Å². The number of hydrogen-bond donors (Lipinski definition) is 6. The molecule has 0 radical (unpaired) electrons. The zero-order valence-electron chi connectivity index (χ0n) is 20.0. The van der Waals surface area contributed by atoms with Crippen LogP contribution in [0.3, 0.4) is 0 Å². The third kappa shape index (κ3) is 7.60. The number of allylic oxidation sites excluding steroid dienone is 2. The van der Waals surface area contributed by atoms with Crippen LogP contribution < -0.4 is 21.8 Å². The van der Waals surface area contributed by atoms with Crippen LogP contribution >= 0.6 is 0 Å². The average Bonchev–Trinajstić information content (AvgIpc) is 2.82. The zero-order valence-corrected chi connectivity index (χ0v) is 21.6. The van der Waals surface area contributed by atoms with Crippen molar-refractivity contribution in [1.29, 1.82) is 0 Å². The van der Waals surface area contributed by atoms with Gasteiger partial charge in [0.05, 0.1) is 5.69 Å². The van der Waals surface area contributed by atoms with Crippen molar-refractivity contribution in [3.63, 3.8) is 0 Å². The van der Waals surface area contributed by atoms with Crippen LogP contribution in [0, 0.1) is 11.8 Å². The molecule has 0 saturated carbocycles. The standard InChI is InChI=1S/C23H26N6O7S2/c24-22(25)28-23(26)27-18-4-5-19(16-7-9-29(10-8-16)11-12-30)17(14-18)3-1-15-2-6-20(37(31,32)33)21(13-15)38(34,35)36/h2,4-5,7-10,14,20-21,30H,6,11-13H2,(H7,24,25,26,28,31,32,33,34,35,36)/p+1/t20-,21+/m0/s1. The van der Waals surface area contributed by atoms with Crippen LogP contribution in [0.5, 0.6) is 0 Å². The Kier molecular flexibility index (Phi) is 8.86. The fourth-order valence-corrected chi connectivity index (χ4v) is 6.40. The van der Waals surface area contributed by atoms with E-state index in [2.05, 4.69) is 21.8 Å². The number of aromatic nitrogens is 1. The van der Waals surface area contributed by atoms with E-state index in [0.717, 1.165) is 5.56 Å². The quantitative estimate of drug-likeness (QED) is 0.0861. The molecule has 0 amide bonds. The second-order valence-corrected chi connectivity index (χ2v) is 11.6. The van der Waals surface area contributed by atoms with Gasteiger partial charge in [-0.2, -0.15) is 21.8 Å². The summed E-state index contributed by atoms with van der Waals surface area (Å²) in [4.78, 5) is 7.80. The number of pyridine rings is 1. The van der Waals surface area contributed by atoms with Crippen molar-refractivity contribution in [1.82, 2.24) is 0 Å². The molecule has 1 aromatic carbocycles. The Hall–Kier alpha value is -3.81. The Morgan fingerprint density at radius 3 is 2.24 bits per heavy atom. The van der Waals surface area contributed by atoms with E-state index in [4.69, 9.17) is 22.3 Å².